The molecule has 0 aliphatic rings. The fourth-order valence-corrected chi connectivity index (χ4v) is 6.38. The molecule has 44 heavy (non-hydrogen) atoms. The van der Waals surface area contributed by atoms with Crippen LogP contribution in [0.15, 0.2) is 140 Å². The molecule has 9 aromatic rings. The maximum absolute atomic E-state index is 5.20. The van der Waals surface area contributed by atoms with Crippen molar-refractivity contribution in [1.82, 2.24) is 15.0 Å². The lowest BCUT2D eigenvalue weighted by Gasteiger charge is -2.16. The molecule has 3 aromatic heterocycles. The summed E-state index contributed by atoms with van der Waals surface area (Å²) in [4.78, 5) is 14.7. The fourth-order valence-electron chi connectivity index (χ4n) is 6.38. The van der Waals surface area contributed by atoms with Crippen molar-refractivity contribution in [3.05, 3.63) is 152 Å². The first-order valence-electron chi connectivity index (χ1n) is 14.7. The zero-order valence-electron chi connectivity index (χ0n) is 23.6. The molecule has 0 unspecified atom stereocenters. The van der Waals surface area contributed by atoms with Crippen molar-refractivity contribution >= 4 is 54.4 Å². The van der Waals surface area contributed by atoms with Crippen LogP contribution in [0.3, 0.4) is 0 Å². The largest absolute Gasteiger partial charge is 0.256 e. The monoisotopic (exact) mass is 557 g/mol. The summed E-state index contributed by atoms with van der Waals surface area (Å²) in [5.41, 5.74) is 10.4. The number of aromatic nitrogens is 3. The highest BCUT2D eigenvalue weighted by molar-refractivity contribution is 6.17. The standard InChI is InChI=1S/C41H23N3/c1-4-12-34-26(9-1)17-18-36-40(35-13-5-8-16-39(35)44-41(34)36)31-22-29(32-19-27-10-2-6-14-37(27)42-24-32)21-30(23-31)33-20-28-11-3-7-15-38(28)43-25-33/h1-6,8-14,16-25H. The van der Waals surface area contributed by atoms with Gasteiger partial charge in [-0.05, 0) is 82.7 Å². The number of hydrogen-bond donors (Lipinski definition) is 0. The highest BCUT2D eigenvalue weighted by Gasteiger charge is 2.16. The molecule has 6 aromatic carbocycles. The van der Waals surface area contributed by atoms with Crippen LogP contribution in [-0.2, 0) is 0 Å². The Kier molecular flexibility index (Phi) is 5.41. The van der Waals surface area contributed by atoms with Crippen LogP contribution >= 0.6 is 0 Å². The van der Waals surface area contributed by atoms with E-state index in [0.29, 0.717) is 0 Å². The van der Waals surface area contributed by atoms with Gasteiger partial charge in [0.15, 0.2) is 0 Å². The molecular weight excluding hydrogens is 534 g/mol. The molecule has 0 saturated carbocycles. The van der Waals surface area contributed by atoms with E-state index < -0.39 is 0 Å². The van der Waals surface area contributed by atoms with E-state index in [1.165, 1.54) is 10.9 Å². The van der Waals surface area contributed by atoms with Gasteiger partial charge < -0.3 is 0 Å². The van der Waals surface area contributed by atoms with Gasteiger partial charge in [0.25, 0.3) is 0 Å². The second-order valence-corrected chi connectivity index (χ2v) is 11.2. The van der Waals surface area contributed by atoms with Gasteiger partial charge in [0.1, 0.15) is 5.52 Å². The quantitative estimate of drug-likeness (QED) is 0.160. The summed E-state index contributed by atoms with van der Waals surface area (Å²) in [5, 5.41) is 6.73. The molecule has 0 fully saturated rings. The summed E-state index contributed by atoms with van der Waals surface area (Å²) >= 11 is 0. The Morgan fingerprint density at radius 2 is 1.14 bits per heavy atom. The van der Waals surface area contributed by atoms with Crippen molar-refractivity contribution in [3.8, 4) is 33.4 Å². The first kappa shape index (κ1) is 24.5. The van der Waals surface area contributed by atoms with Crippen LogP contribution in [0.4, 0.5) is 0 Å². The van der Waals surface area contributed by atoms with Crippen molar-refractivity contribution in [1.29, 1.82) is 0 Å². The third-order valence-corrected chi connectivity index (χ3v) is 8.51. The molecule has 0 saturated heterocycles. The number of benzene rings is 5. The minimum atomic E-state index is 0.810. The molecule has 3 heteroatoms. The number of fused-ring (bicyclic) bond motifs is 6. The molecule has 0 amide bonds. The molecule has 0 bridgehead atoms. The smallest absolute Gasteiger partial charge is 0.120 e. The molecule has 3 heterocycles. The lowest BCUT2D eigenvalue weighted by Crippen LogP contribution is -1.93. The Morgan fingerprint density at radius 3 is 2.00 bits per heavy atom. The van der Waals surface area contributed by atoms with Crippen LogP contribution in [0.5, 0.6) is 0 Å². The normalized spacial score (nSPS) is 11.5. The third kappa shape index (κ3) is 3.97. The SMILES string of the molecule is c1ccc2cc(-c3cc(-c4cnc5ccccc5c4)cc(-c4c5ccccc5nc5c4ccc4ccccc45)c3)cnc2c#1. The number of para-hydroxylation sites is 2. The van der Waals surface area contributed by atoms with Gasteiger partial charge in [-0.1, -0.05) is 78.9 Å². The Labute approximate surface area is 254 Å². The Balaban J connectivity index is 1.37. The summed E-state index contributed by atoms with van der Waals surface area (Å²) in [6, 6.07) is 50.9. The van der Waals surface area contributed by atoms with Gasteiger partial charge in [-0.15, -0.1) is 0 Å². The Hall–Kier alpha value is -6.11. The number of nitrogens with zero attached hydrogens (tertiary/aromatic N) is 3. The van der Waals surface area contributed by atoms with E-state index in [1.807, 2.05) is 30.6 Å². The Morgan fingerprint density at radius 1 is 0.455 bits per heavy atom. The van der Waals surface area contributed by atoms with Crippen LogP contribution in [0.1, 0.15) is 0 Å². The zero-order valence-corrected chi connectivity index (χ0v) is 23.6. The maximum atomic E-state index is 5.20. The van der Waals surface area contributed by atoms with Crippen molar-refractivity contribution in [2.45, 2.75) is 0 Å². The minimum absolute atomic E-state index is 0.810. The van der Waals surface area contributed by atoms with E-state index in [-0.39, 0.29) is 0 Å². The van der Waals surface area contributed by atoms with E-state index in [1.54, 1.807) is 0 Å². The van der Waals surface area contributed by atoms with Gasteiger partial charge in [0, 0.05) is 56.0 Å². The summed E-state index contributed by atoms with van der Waals surface area (Å²) in [6.45, 7) is 0. The van der Waals surface area contributed by atoms with Crippen LogP contribution in [0.2, 0.25) is 0 Å². The average molecular weight is 558 g/mol. The Bertz CT molecular complexity index is 2470. The minimum Gasteiger partial charge on any atom is -0.256 e. The van der Waals surface area contributed by atoms with Crippen LogP contribution in [0, 0.1) is 12.1 Å². The van der Waals surface area contributed by atoms with Gasteiger partial charge in [-0.25, -0.2) is 9.97 Å². The molecular formula is C41H23N3. The van der Waals surface area contributed by atoms with E-state index in [0.717, 1.165) is 76.8 Å². The lowest BCUT2D eigenvalue weighted by atomic mass is 9.89. The van der Waals surface area contributed by atoms with E-state index in [2.05, 4.69) is 121 Å². The van der Waals surface area contributed by atoms with Crippen LogP contribution < -0.4 is 0 Å². The number of pyridine rings is 3. The van der Waals surface area contributed by atoms with Crippen molar-refractivity contribution in [2.75, 3.05) is 0 Å². The predicted molar refractivity (Wildman–Crippen MR) is 181 cm³/mol. The van der Waals surface area contributed by atoms with Gasteiger partial charge in [0.2, 0.25) is 0 Å². The van der Waals surface area contributed by atoms with Crippen molar-refractivity contribution < 1.29 is 0 Å². The third-order valence-electron chi connectivity index (χ3n) is 8.51. The molecule has 0 atom stereocenters. The maximum Gasteiger partial charge on any atom is 0.120 e. The predicted octanol–water partition coefficient (Wildman–Crippen LogP) is 10.2. The molecule has 0 spiro atoms. The van der Waals surface area contributed by atoms with Crippen LogP contribution in [-0.4, -0.2) is 15.0 Å². The summed E-state index contributed by atoms with van der Waals surface area (Å²) < 4.78 is 0. The van der Waals surface area contributed by atoms with Crippen molar-refractivity contribution in [2.24, 2.45) is 0 Å². The van der Waals surface area contributed by atoms with Gasteiger partial charge in [0.05, 0.1) is 16.6 Å². The molecule has 0 radical (unpaired) electrons. The molecule has 0 aliphatic heterocycles. The molecule has 202 valence electrons. The summed E-state index contributed by atoms with van der Waals surface area (Å²) in [5.74, 6) is 0. The topological polar surface area (TPSA) is 38.7 Å². The average Bonchev–Trinajstić information content (AvgIpc) is 3.10. The van der Waals surface area contributed by atoms with E-state index >= 15 is 0 Å². The van der Waals surface area contributed by atoms with E-state index in [4.69, 9.17) is 15.0 Å². The van der Waals surface area contributed by atoms with Crippen LogP contribution in [0.25, 0.3) is 87.8 Å². The zero-order chi connectivity index (χ0) is 29.0. The molecule has 9 rings (SSSR count). The highest BCUT2D eigenvalue weighted by atomic mass is 14.7. The molecule has 3 nitrogen and oxygen atoms in total. The van der Waals surface area contributed by atoms with Crippen molar-refractivity contribution in [3.63, 3.8) is 0 Å². The summed E-state index contributed by atoms with van der Waals surface area (Å²) in [6.07, 6.45) is 3.91. The van der Waals surface area contributed by atoms with E-state index in [9.17, 15) is 0 Å². The number of hydrogen-bond acceptors (Lipinski definition) is 3. The molecule has 0 N–H and O–H groups in total. The van der Waals surface area contributed by atoms with Gasteiger partial charge >= 0.3 is 0 Å². The van der Waals surface area contributed by atoms with Gasteiger partial charge in [-0.3, -0.25) is 4.98 Å². The second kappa shape index (κ2) is 9.73. The lowest BCUT2D eigenvalue weighted by molar-refractivity contribution is 1.40. The first-order chi connectivity index (χ1) is 21.8. The highest BCUT2D eigenvalue weighted by Crippen LogP contribution is 2.41. The number of rotatable bonds is 3. The first-order valence-corrected chi connectivity index (χ1v) is 14.7. The summed E-state index contributed by atoms with van der Waals surface area (Å²) in [7, 11) is 0. The second-order valence-electron chi connectivity index (χ2n) is 11.2. The fraction of sp³-hybridized carbons (Fsp3) is 0. The molecule has 0 aliphatic carbocycles. The van der Waals surface area contributed by atoms with Gasteiger partial charge in [-0.2, -0.15) is 0 Å².